The Morgan fingerprint density at radius 1 is 1.00 bits per heavy atom. The van der Waals surface area contributed by atoms with Gasteiger partial charge in [-0.1, -0.05) is 6.07 Å². The first-order chi connectivity index (χ1) is 11.0. The number of nitrogens with one attached hydrogen (secondary N) is 2. The van der Waals surface area contributed by atoms with E-state index in [4.69, 9.17) is 4.74 Å². The molecule has 0 bridgehead atoms. The van der Waals surface area contributed by atoms with E-state index >= 15 is 0 Å². The van der Waals surface area contributed by atoms with Gasteiger partial charge in [0, 0.05) is 5.56 Å². The van der Waals surface area contributed by atoms with Crippen molar-refractivity contribution in [3.05, 3.63) is 65.0 Å². The molecule has 120 valence electrons. The van der Waals surface area contributed by atoms with Gasteiger partial charge in [-0.3, -0.25) is 20.4 Å². The molecule has 5 nitrogen and oxygen atoms in total. The fourth-order valence-corrected chi connectivity index (χ4v) is 1.80. The van der Waals surface area contributed by atoms with Crippen LogP contribution >= 0.6 is 0 Å². The number of ether oxygens (including phenoxy) is 1. The second-order valence-electron chi connectivity index (χ2n) is 5.04. The standard InChI is InChI=1S/C17H17FN2O3/c1-11-3-4-13(9-12(11)2)17(22)20-19-16(21)10-23-15-7-5-14(18)6-8-15/h3-9H,10H2,1-2H3,(H,19,21)(H,20,22). The third kappa shape index (κ3) is 4.81. The summed E-state index contributed by atoms with van der Waals surface area (Å²) < 4.78 is 17.9. The number of halogens is 1. The maximum atomic E-state index is 12.7. The van der Waals surface area contributed by atoms with E-state index in [9.17, 15) is 14.0 Å². The second kappa shape index (κ2) is 7.40. The van der Waals surface area contributed by atoms with Gasteiger partial charge in [0.05, 0.1) is 0 Å². The average molecular weight is 316 g/mol. The van der Waals surface area contributed by atoms with Gasteiger partial charge in [-0.05, 0) is 61.4 Å². The summed E-state index contributed by atoms with van der Waals surface area (Å²) in [5, 5.41) is 0. The lowest BCUT2D eigenvalue weighted by atomic mass is 10.1. The van der Waals surface area contributed by atoms with Crippen molar-refractivity contribution in [2.45, 2.75) is 13.8 Å². The van der Waals surface area contributed by atoms with Crippen molar-refractivity contribution in [1.29, 1.82) is 0 Å². The molecule has 6 heteroatoms. The Labute approximate surface area is 133 Å². The highest BCUT2D eigenvalue weighted by atomic mass is 19.1. The van der Waals surface area contributed by atoms with E-state index in [1.165, 1.54) is 24.3 Å². The number of carbonyl (C=O) groups excluding carboxylic acids is 2. The molecule has 0 radical (unpaired) electrons. The molecule has 23 heavy (non-hydrogen) atoms. The Bertz CT molecular complexity index is 714. The molecule has 2 rings (SSSR count). The molecule has 0 aliphatic rings. The molecule has 0 atom stereocenters. The summed E-state index contributed by atoms with van der Waals surface area (Å²) in [7, 11) is 0. The molecular formula is C17H17FN2O3. The summed E-state index contributed by atoms with van der Waals surface area (Å²) in [5.41, 5.74) is 7.09. The molecule has 0 saturated heterocycles. The van der Waals surface area contributed by atoms with Crippen LogP contribution in [0.25, 0.3) is 0 Å². The lowest BCUT2D eigenvalue weighted by Crippen LogP contribution is -2.43. The number of aryl methyl sites for hydroxylation is 2. The van der Waals surface area contributed by atoms with Crippen molar-refractivity contribution >= 4 is 11.8 Å². The average Bonchev–Trinajstić information content (AvgIpc) is 2.54. The summed E-state index contributed by atoms with van der Waals surface area (Å²) in [5.74, 6) is -0.959. The van der Waals surface area contributed by atoms with Crippen molar-refractivity contribution in [3.63, 3.8) is 0 Å². The van der Waals surface area contributed by atoms with E-state index in [2.05, 4.69) is 10.9 Å². The molecule has 0 saturated carbocycles. The first kappa shape index (κ1) is 16.5. The minimum Gasteiger partial charge on any atom is -0.484 e. The van der Waals surface area contributed by atoms with Crippen LogP contribution in [0, 0.1) is 19.7 Å². The first-order valence-corrected chi connectivity index (χ1v) is 7.00. The highest BCUT2D eigenvalue weighted by molar-refractivity contribution is 5.95. The number of benzene rings is 2. The van der Waals surface area contributed by atoms with Gasteiger partial charge in [0.2, 0.25) is 0 Å². The summed E-state index contributed by atoms with van der Waals surface area (Å²) in [6, 6.07) is 10.5. The molecule has 0 aromatic heterocycles. The van der Waals surface area contributed by atoms with Gasteiger partial charge >= 0.3 is 0 Å². The monoisotopic (exact) mass is 316 g/mol. The minimum absolute atomic E-state index is 0.293. The van der Waals surface area contributed by atoms with E-state index in [1.807, 2.05) is 19.9 Å². The van der Waals surface area contributed by atoms with E-state index in [0.29, 0.717) is 11.3 Å². The lowest BCUT2D eigenvalue weighted by Gasteiger charge is -2.09. The van der Waals surface area contributed by atoms with E-state index in [0.717, 1.165) is 11.1 Å². The molecule has 2 N–H and O–H groups in total. The van der Waals surface area contributed by atoms with Crippen molar-refractivity contribution in [1.82, 2.24) is 10.9 Å². The van der Waals surface area contributed by atoms with Gasteiger partial charge in [-0.15, -0.1) is 0 Å². The molecule has 0 heterocycles. The van der Waals surface area contributed by atoms with Crippen LogP contribution < -0.4 is 15.6 Å². The molecule has 0 aliphatic heterocycles. The van der Waals surface area contributed by atoms with Gasteiger partial charge in [-0.2, -0.15) is 0 Å². The number of hydrazine groups is 1. The summed E-state index contributed by atoms with van der Waals surface area (Å²) in [6.07, 6.45) is 0. The predicted molar refractivity (Wildman–Crippen MR) is 83.4 cm³/mol. The lowest BCUT2D eigenvalue weighted by molar-refractivity contribution is -0.123. The van der Waals surface area contributed by atoms with Gasteiger partial charge in [0.25, 0.3) is 11.8 Å². The van der Waals surface area contributed by atoms with Crippen LogP contribution in [0.15, 0.2) is 42.5 Å². The topological polar surface area (TPSA) is 67.4 Å². The maximum Gasteiger partial charge on any atom is 0.276 e. The molecule has 0 spiro atoms. The summed E-state index contributed by atoms with van der Waals surface area (Å²) in [4.78, 5) is 23.5. The fourth-order valence-electron chi connectivity index (χ4n) is 1.80. The minimum atomic E-state index is -0.522. The van der Waals surface area contributed by atoms with Gasteiger partial charge in [0.1, 0.15) is 11.6 Å². The number of hydrogen-bond donors (Lipinski definition) is 2. The van der Waals surface area contributed by atoms with Crippen molar-refractivity contribution in [3.8, 4) is 5.75 Å². The SMILES string of the molecule is Cc1ccc(C(=O)NNC(=O)COc2ccc(F)cc2)cc1C. The highest BCUT2D eigenvalue weighted by Gasteiger charge is 2.08. The molecule has 2 aromatic carbocycles. The van der Waals surface area contributed by atoms with Gasteiger partial charge < -0.3 is 4.74 Å². The third-order valence-corrected chi connectivity index (χ3v) is 3.27. The largest absolute Gasteiger partial charge is 0.484 e. The highest BCUT2D eigenvalue weighted by Crippen LogP contribution is 2.11. The van der Waals surface area contributed by atoms with Crippen LogP contribution in [-0.2, 0) is 4.79 Å². The van der Waals surface area contributed by atoms with E-state index < -0.39 is 11.8 Å². The summed E-state index contributed by atoms with van der Waals surface area (Å²) >= 11 is 0. The Morgan fingerprint density at radius 3 is 2.35 bits per heavy atom. The van der Waals surface area contributed by atoms with Crippen LogP contribution in [0.4, 0.5) is 4.39 Å². The number of rotatable bonds is 4. The molecule has 0 aliphatic carbocycles. The Morgan fingerprint density at radius 2 is 1.70 bits per heavy atom. The van der Waals surface area contributed by atoms with Crippen LogP contribution in [0.1, 0.15) is 21.5 Å². The summed E-state index contributed by atoms with van der Waals surface area (Å²) in [6.45, 7) is 3.56. The van der Waals surface area contributed by atoms with Crippen molar-refractivity contribution in [2.24, 2.45) is 0 Å². The molecule has 0 fully saturated rings. The molecule has 2 amide bonds. The first-order valence-electron chi connectivity index (χ1n) is 7.00. The van der Waals surface area contributed by atoms with Crippen molar-refractivity contribution < 1.29 is 18.7 Å². The quantitative estimate of drug-likeness (QED) is 0.851. The zero-order valence-corrected chi connectivity index (χ0v) is 12.9. The van der Waals surface area contributed by atoms with E-state index in [1.54, 1.807) is 12.1 Å². The molecule has 0 unspecified atom stereocenters. The van der Waals surface area contributed by atoms with Crippen LogP contribution in [0.5, 0.6) is 5.75 Å². The zero-order valence-electron chi connectivity index (χ0n) is 12.9. The number of carbonyl (C=O) groups is 2. The maximum absolute atomic E-state index is 12.7. The number of hydrogen-bond acceptors (Lipinski definition) is 3. The second-order valence-corrected chi connectivity index (χ2v) is 5.04. The number of amides is 2. The Balaban J connectivity index is 1.80. The predicted octanol–water partition coefficient (Wildman–Crippen LogP) is 2.28. The smallest absolute Gasteiger partial charge is 0.276 e. The normalized spacial score (nSPS) is 10.0. The fraction of sp³-hybridized carbons (Fsp3) is 0.176. The molecular weight excluding hydrogens is 299 g/mol. The van der Waals surface area contributed by atoms with Gasteiger partial charge in [0.15, 0.2) is 6.61 Å². The third-order valence-electron chi connectivity index (χ3n) is 3.27. The Hall–Kier alpha value is -2.89. The molecule has 2 aromatic rings. The van der Waals surface area contributed by atoms with Crippen molar-refractivity contribution in [2.75, 3.05) is 6.61 Å². The van der Waals surface area contributed by atoms with E-state index in [-0.39, 0.29) is 12.4 Å². The van der Waals surface area contributed by atoms with Crippen LogP contribution in [0.2, 0.25) is 0 Å². The zero-order chi connectivity index (χ0) is 16.8. The van der Waals surface area contributed by atoms with Crippen LogP contribution in [0.3, 0.4) is 0 Å². The van der Waals surface area contributed by atoms with Crippen LogP contribution in [-0.4, -0.2) is 18.4 Å². The Kier molecular flexibility index (Phi) is 5.30. The van der Waals surface area contributed by atoms with Gasteiger partial charge in [-0.25, -0.2) is 4.39 Å².